The quantitative estimate of drug-likeness (QED) is 0.359. The van der Waals surface area contributed by atoms with Crippen molar-refractivity contribution in [2.45, 2.75) is 68.2 Å². The van der Waals surface area contributed by atoms with E-state index >= 15 is 0 Å². The van der Waals surface area contributed by atoms with Crippen LogP contribution in [-0.4, -0.2) is 61.2 Å². The number of piperidine rings is 1. The summed E-state index contributed by atoms with van der Waals surface area (Å²) in [5, 5.41) is 2.65. The highest BCUT2D eigenvalue weighted by Gasteiger charge is 2.79. The molecule has 0 amide bonds. The van der Waals surface area contributed by atoms with Crippen molar-refractivity contribution < 1.29 is 14.2 Å². The van der Waals surface area contributed by atoms with Crippen molar-refractivity contribution in [2.24, 2.45) is 22.2 Å². The van der Waals surface area contributed by atoms with Gasteiger partial charge < -0.3 is 14.2 Å². The number of aliphatic imine (C=N–C) groups is 1. The second-order valence-corrected chi connectivity index (χ2v) is 11.4. The molecule has 8 rings (SSSR count). The summed E-state index contributed by atoms with van der Waals surface area (Å²) in [6.45, 7) is 4.52. The molecule has 1 saturated heterocycles. The molecule has 1 unspecified atom stereocenters. The Labute approximate surface area is 201 Å². The van der Waals surface area contributed by atoms with Crippen LogP contribution in [0.15, 0.2) is 29.3 Å². The Kier molecular flexibility index (Phi) is 4.19. The van der Waals surface area contributed by atoms with Crippen molar-refractivity contribution in [1.82, 2.24) is 4.90 Å². The summed E-state index contributed by atoms with van der Waals surface area (Å²) in [6.07, 6.45) is 10.8. The third kappa shape index (κ3) is 2.27. The zero-order valence-electron chi connectivity index (χ0n) is 19.7. The van der Waals surface area contributed by atoms with Gasteiger partial charge in [0.2, 0.25) is 0 Å². The SMILES string of the molecule is COc1ccc2c3c1O[C@@H]1[C@]34CCN(CC3CC3)[C@H](C2)[C@]42C=C[C@@]1(OC)C([C@H](C)N=C=S)C2. The lowest BCUT2D eigenvalue weighted by atomic mass is 9.36. The van der Waals surface area contributed by atoms with Gasteiger partial charge in [-0.3, -0.25) is 4.90 Å². The number of benzene rings is 1. The lowest BCUT2D eigenvalue weighted by Crippen LogP contribution is -2.80. The number of ether oxygens (including phenoxy) is 3. The van der Waals surface area contributed by atoms with Gasteiger partial charge in [0.25, 0.3) is 0 Å². The van der Waals surface area contributed by atoms with E-state index in [1.165, 1.54) is 30.5 Å². The van der Waals surface area contributed by atoms with Crippen LogP contribution in [0.3, 0.4) is 0 Å². The van der Waals surface area contributed by atoms with Crippen molar-refractivity contribution in [1.29, 1.82) is 0 Å². The zero-order valence-corrected chi connectivity index (χ0v) is 20.5. The fraction of sp³-hybridized carbons (Fsp3) is 0.667. The summed E-state index contributed by atoms with van der Waals surface area (Å²) in [4.78, 5) is 7.39. The summed E-state index contributed by atoms with van der Waals surface area (Å²) in [6, 6.07) is 4.90. The Morgan fingerprint density at radius 3 is 2.88 bits per heavy atom. The van der Waals surface area contributed by atoms with Crippen LogP contribution in [0.5, 0.6) is 11.5 Å². The van der Waals surface area contributed by atoms with Crippen molar-refractivity contribution in [3.05, 3.63) is 35.4 Å². The van der Waals surface area contributed by atoms with E-state index in [0.717, 1.165) is 43.2 Å². The summed E-state index contributed by atoms with van der Waals surface area (Å²) in [5.74, 6) is 2.86. The van der Waals surface area contributed by atoms with E-state index in [9.17, 15) is 0 Å². The third-order valence-electron chi connectivity index (χ3n) is 10.2. The van der Waals surface area contributed by atoms with Gasteiger partial charge in [0.05, 0.1) is 23.7 Å². The largest absolute Gasteiger partial charge is 0.493 e. The fourth-order valence-corrected chi connectivity index (χ4v) is 8.87. The van der Waals surface area contributed by atoms with E-state index in [-0.39, 0.29) is 28.9 Å². The molecule has 0 N–H and O–H groups in total. The molecule has 0 radical (unpaired) electrons. The molecule has 4 bridgehead atoms. The Morgan fingerprint density at radius 2 is 2.15 bits per heavy atom. The van der Waals surface area contributed by atoms with Gasteiger partial charge in [-0.25, -0.2) is 4.99 Å². The average molecular weight is 465 g/mol. The lowest BCUT2D eigenvalue weighted by Gasteiger charge is -2.71. The van der Waals surface area contributed by atoms with E-state index in [1.54, 1.807) is 7.11 Å². The Balaban J connectivity index is 1.49. The number of likely N-dealkylation sites (tertiary alicyclic amines) is 1. The minimum absolute atomic E-state index is 0.00556. The smallest absolute Gasteiger partial charge is 0.166 e. The van der Waals surface area contributed by atoms with E-state index in [1.807, 2.05) is 7.11 Å². The Bertz CT molecular complexity index is 1110. The molecule has 33 heavy (non-hydrogen) atoms. The van der Waals surface area contributed by atoms with Crippen LogP contribution in [0.4, 0.5) is 0 Å². The number of methoxy groups -OCH3 is 2. The van der Waals surface area contributed by atoms with Gasteiger partial charge in [0, 0.05) is 36.6 Å². The molecule has 0 aromatic heterocycles. The van der Waals surface area contributed by atoms with Crippen molar-refractivity contribution >= 4 is 17.4 Å². The van der Waals surface area contributed by atoms with Gasteiger partial charge in [0.1, 0.15) is 11.7 Å². The first-order valence-electron chi connectivity index (χ1n) is 12.5. The first kappa shape index (κ1) is 20.6. The number of hydrogen-bond acceptors (Lipinski definition) is 6. The summed E-state index contributed by atoms with van der Waals surface area (Å²) in [5.41, 5.74) is 2.23. The van der Waals surface area contributed by atoms with Gasteiger partial charge in [-0.15, -0.1) is 0 Å². The molecule has 6 heteroatoms. The van der Waals surface area contributed by atoms with Crippen LogP contribution in [0.2, 0.25) is 0 Å². The predicted octanol–water partition coefficient (Wildman–Crippen LogP) is 4.19. The van der Waals surface area contributed by atoms with Crippen molar-refractivity contribution in [2.75, 3.05) is 27.3 Å². The molecule has 1 aromatic carbocycles. The van der Waals surface area contributed by atoms with E-state index in [2.05, 4.69) is 46.3 Å². The van der Waals surface area contributed by atoms with Crippen LogP contribution >= 0.6 is 12.2 Å². The molecule has 2 heterocycles. The first-order chi connectivity index (χ1) is 16.0. The van der Waals surface area contributed by atoms with E-state index < -0.39 is 5.60 Å². The Hall–Kier alpha value is -1.72. The number of thiocarbonyl (C=S) groups is 1. The first-order valence-corrected chi connectivity index (χ1v) is 12.9. The minimum Gasteiger partial charge on any atom is -0.493 e. The maximum atomic E-state index is 7.00. The van der Waals surface area contributed by atoms with Gasteiger partial charge in [0.15, 0.2) is 11.5 Å². The number of hydrogen-bond donors (Lipinski definition) is 0. The molecular weight excluding hydrogens is 432 g/mol. The van der Waals surface area contributed by atoms with Crippen LogP contribution in [0.1, 0.15) is 43.7 Å². The fourth-order valence-electron chi connectivity index (χ4n) is 8.70. The molecule has 2 saturated carbocycles. The van der Waals surface area contributed by atoms with E-state index in [4.69, 9.17) is 26.4 Å². The normalized spacial score (nSPS) is 42.3. The van der Waals surface area contributed by atoms with Gasteiger partial charge in [-0.2, -0.15) is 0 Å². The average Bonchev–Trinajstić information content (AvgIpc) is 3.57. The molecule has 1 aromatic rings. The predicted molar refractivity (Wildman–Crippen MR) is 129 cm³/mol. The maximum Gasteiger partial charge on any atom is 0.166 e. The number of rotatable bonds is 6. The van der Waals surface area contributed by atoms with Gasteiger partial charge in [-0.1, -0.05) is 18.2 Å². The van der Waals surface area contributed by atoms with Crippen molar-refractivity contribution in [3.8, 4) is 11.5 Å². The number of fused-ring (bicyclic) bond motifs is 1. The highest BCUT2D eigenvalue weighted by Crippen LogP contribution is 2.75. The maximum absolute atomic E-state index is 7.00. The molecular formula is C27H32N2O3S. The number of nitrogens with zero attached hydrogens (tertiary/aromatic N) is 2. The molecule has 3 fully saturated rings. The molecule has 5 nitrogen and oxygen atoms in total. The van der Waals surface area contributed by atoms with E-state index in [0.29, 0.717) is 6.04 Å². The third-order valence-corrected chi connectivity index (χ3v) is 10.3. The molecule has 5 aliphatic carbocycles. The molecule has 7 aliphatic rings. The monoisotopic (exact) mass is 464 g/mol. The zero-order chi connectivity index (χ0) is 22.6. The van der Waals surface area contributed by atoms with Gasteiger partial charge >= 0.3 is 0 Å². The van der Waals surface area contributed by atoms with Crippen LogP contribution in [0, 0.1) is 17.3 Å². The summed E-state index contributed by atoms with van der Waals surface area (Å²) >= 11 is 5.03. The van der Waals surface area contributed by atoms with Crippen LogP contribution in [0.25, 0.3) is 0 Å². The second-order valence-electron chi connectivity index (χ2n) is 11.2. The second kappa shape index (κ2) is 6.69. The van der Waals surface area contributed by atoms with Crippen LogP contribution < -0.4 is 9.47 Å². The van der Waals surface area contributed by atoms with Gasteiger partial charge in [-0.05, 0) is 75.3 Å². The molecule has 2 spiro atoms. The highest BCUT2D eigenvalue weighted by atomic mass is 32.1. The standard InChI is InChI=1S/C27H32N2O3S/c1-16(28-15-33)19-13-25-8-9-27(19,31-3)24-26(25)10-11-29(14-17-4-5-17)21(25)12-18-6-7-20(30-2)23(32-24)22(18)26/h6-9,16-17,19,21,24H,4-5,10-14H2,1-3H3/t16-,19?,21+,24+,25+,26-,27+/m0/s1. The minimum atomic E-state index is -0.543. The molecule has 7 atom stereocenters. The summed E-state index contributed by atoms with van der Waals surface area (Å²) < 4.78 is 19.3. The highest BCUT2D eigenvalue weighted by molar-refractivity contribution is 7.78. The number of isothiocyanates is 1. The van der Waals surface area contributed by atoms with Crippen molar-refractivity contribution in [3.63, 3.8) is 0 Å². The van der Waals surface area contributed by atoms with Crippen LogP contribution in [-0.2, 0) is 16.6 Å². The molecule has 174 valence electrons. The molecule has 2 aliphatic heterocycles. The lowest BCUT2D eigenvalue weighted by molar-refractivity contribution is -0.218. The Morgan fingerprint density at radius 1 is 1.30 bits per heavy atom. The summed E-state index contributed by atoms with van der Waals surface area (Å²) in [7, 11) is 3.59. The topological polar surface area (TPSA) is 43.3 Å².